The van der Waals surface area contributed by atoms with Gasteiger partial charge in [0.25, 0.3) is 0 Å². The summed E-state index contributed by atoms with van der Waals surface area (Å²) in [6.07, 6.45) is 4.68. The monoisotopic (exact) mass is 206 g/mol. The SMILES string of the molecule is CC1(C)CC1C(NN)c1cnccc1N. The molecule has 0 saturated heterocycles. The summed E-state index contributed by atoms with van der Waals surface area (Å²) >= 11 is 0. The van der Waals surface area contributed by atoms with Crippen molar-refractivity contribution < 1.29 is 0 Å². The van der Waals surface area contributed by atoms with Gasteiger partial charge in [-0.25, -0.2) is 0 Å². The minimum absolute atomic E-state index is 0.119. The van der Waals surface area contributed by atoms with E-state index in [0.717, 1.165) is 11.3 Å². The van der Waals surface area contributed by atoms with Crippen LogP contribution in [0, 0.1) is 11.3 Å². The van der Waals surface area contributed by atoms with E-state index in [-0.39, 0.29) is 6.04 Å². The maximum atomic E-state index is 5.92. The van der Waals surface area contributed by atoms with E-state index >= 15 is 0 Å². The molecule has 0 amide bonds. The van der Waals surface area contributed by atoms with Crippen LogP contribution in [-0.2, 0) is 0 Å². The van der Waals surface area contributed by atoms with Crippen molar-refractivity contribution in [1.82, 2.24) is 10.4 Å². The molecule has 1 aromatic heterocycles. The zero-order valence-corrected chi connectivity index (χ0v) is 9.20. The number of anilines is 1. The molecular formula is C11H18N4. The summed E-state index contributed by atoms with van der Waals surface area (Å²) in [5, 5.41) is 0. The first-order chi connectivity index (χ1) is 7.06. The van der Waals surface area contributed by atoms with Crippen LogP contribution in [0.4, 0.5) is 5.69 Å². The van der Waals surface area contributed by atoms with Crippen molar-refractivity contribution in [3.63, 3.8) is 0 Å². The fourth-order valence-electron chi connectivity index (χ4n) is 2.18. The van der Waals surface area contributed by atoms with Crippen LogP contribution in [-0.4, -0.2) is 4.98 Å². The molecule has 1 fully saturated rings. The highest BCUT2D eigenvalue weighted by Crippen LogP contribution is 2.57. The maximum Gasteiger partial charge on any atom is 0.0529 e. The van der Waals surface area contributed by atoms with Gasteiger partial charge in [-0.1, -0.05) is 13.8 Å². The van der Waals surface area contributed by atoms with Crippen LogP contribution in [0.1, 0.15) is 31.9 Å². The van der Waals surface area contributed by atoms with Gasteiger partial charge in [-0.2, -0.15) is 0 Å². The number of nitrogens with one attached hydrogen (secondary N) is 1. The molecule has 2 rings (SSSR count). The summed E-state index contributed by atoms with van der Waals surface area (Å²) in [5.41, 5.74) is 10.9. The molecule has 0 spiro atoms. The Hall–Kier alpha value is -1.13. The summed E-state index contributed by atoms with van der Waals surface area (Å²) in [6.45, 7) is 4.49. The Morgan fingerprint density at radius 3 is 2.73 bits per heavy atom. The van der Waals surface area contributed by atoms with Gasteiger partial charge in [-0.15, -0.1) is 0 Å². The summed E-state index contributed by atoms with van der Waals surface area (Å²) < 4.78 is 0. The second-order valence-corrected chi connectivity index (χ2v) is 4.95. The molecule has 1 aliphatic rings. The number of hydrogen-bond donors (Lipinski definition) is 3. The van der Waals surface area contributed by atoms with Crippen molar-refractivity contribution >= 4 is 5.69 Å². The van der Waals surface area contributed by atoms with Crippen molar-refractivity contribution in [3.8, 4) is 0 Å². The predicted octanol–water partition coefficient (Wildman–Crippen LogP) is 1.21. The molecule has 1 aliphatic carbocycles. The molecular weight excluding hydrogens is 188 g/mol. The fourth-order valence-corrected chi connectivity index (χ4v) is 2.18. The quantitative estimate of drug-likeness (QED) is 0.513. The number of pyridine rings is 1. The lowest BCUT2D eigenvalue weighted by molar-refractivity contribution is 0.423. The number of hydrogen-bond acceptors (Lipinski definition) is 4. The third-order valence-corrected chi connectivity index (χ3v) is 3.39. The standard InChI is InChI=1S/C11H18N4/c1-11(2)5-8(11)10(15-13)7-6-14-4-3-9(7)12/h3-4,6,8,10,15H,5,13H2,1-2H3,(H2,12,14). The Bertz CT molecular complexity index is 361. The molecule has 0 radical (unpaired) electrons. The molecule has 4 nitrogen and oxygen atoms in total. The van der Waals surface area contributed by atoms with Crippen molar-refractivity contribution in [2.24, 2.45) is 17.2 Å². The summed E-state index contributed by atoms with van der Waals surface area (Å²) in [5.74, 6) is 6.15. The molecule has 0 bridgehead atoms. The molecule has 1 aromatic rings. The highest BCUT2D eigenvalue weighted by Gasteiger charge is 2.50. The number of aromatic nitrogens is 1. The van der Waals surface area contributed by atoms with Gasteiger partial charge in [0, 0.05) is 23.6 Å². The van der Waals surface area contributed by atoms with Crippen LogP contribution < -0.4 is 17.0 Å². The van der Waals surface area contributed by atoms with Gasteiger partial charge in [0.05, 0.1) is 6.04 Å². The lowest BCUT2D eigenvalue weighted by atomic mass is 9.98. The predicted molar refractivity (Wildman–Crippen MR) is 60.6 cm³/mol. The minimum atomic E-state index is 0.119. The largest absolute Gasteiger partial charge is 0.398 e. The van der Waals surface area contributed by atoms with Gasteiger partial charge >= 0.3 is 0 Å². The van der Waals surface area contributed by atoms with E-state index in [9.17, 15) is 0 Å². The summed E-state index contributed by atoms with van der Waals surface area (Å²) in [6, 6.07) is 1.93. The highest BCUT2D eigenvalue weighted by molar-refractivity contribution is 5.47. The van der Waals surface area contributed by atoms with Gasteiger partial charge in [-0.05, 0) is 23.8 Å². The topological polar surface area (TPSA) is 77.0 Å². The van der Waals surface area contributed by atoms with E-state index in [1.54, 1.807) is 12.4 Å². The van der Waals surface area contributed by atoms with Crippen LogP contribution >= 0.6 is 0 Å². The highest BCUT2D eigenvalue weighted by atomic mass is 15.2. The van der Waals surface area contributed by atoms with Crippen molar-refractivity contribution in [3.05, 3.63) is 24.0 Å². The molecule has 4 heteroatoms. The van der Waals surface area contributed by atoms with Crippen LogP contribution in [0.25, 0.3) is 0 Å². The van der Waals surface area contributed by atoms with E-state index in [2.05, 4.69) is 24.3 Å². The Balaban J connectivity index is 2.25. The number of hydrazine groups is 1. The van der Waals surface area contributed by atoms with E-state index in [1.165, 1.54) is 6.42 Å². The van der Waals surface area contributed by atoms with Gasteiger partial charge in [0.15, 0.2) is 0 Å². The third-order valence-electron chi connectivity index (χ3n) is 3.39. The lowest BCUT2D eigenvalue weighted by Gasteiger charge is -2.19. The average molecular weight is 206 g/mol. The summed E-state index contributed by atoms with van der Waals surface area (Å²) in [4.78, 5) is 4.10. The maximum absolute atomic E-state index is 5.92. The minimum Gasteiger partial charge on any atom is -0.398 e. The molecule has 5 N–H and O–H groups in total. The Kier molecular flexibility index (Phi) is 2.40. The first-order valence-electron chi connectivity index (χ1n) is 5.22. The molecule has 15 heavy (non-hydrogen) atoms. The second kappa shape index (κ2) is 3.47. The molecule has 1 heterocycles. The molecule has 0 aromatic carbocycles. The zero-order valence-electron chi connectivity index (χ0n) is 9.20. The average Bonchev–Trinajstić information content (AvgIpc) is 2.80. The Morgan fingerprint density at radius 2 is 2.27 bits per heavy atom. The lowest BCUT2D eigenvalue weighted by Crippen LogP contribution is -2.31. The van der Waals surface area contributed by atoms with Gasteiger partial charge in [0.2, 0.25) is 0 Å². The number of nitrogens with zero attached hydrogens (tertiary/aromatic N) is 1. The number of nitrogen functional groups attached to an aromatic ring is 1. The Morgan fingerprint density at radius 1 is 1.60 bits per heavy atom. The van der Waals surface area contributed by atoms with Gasteiger partial charge in [0.1, 0.15) is 0 Å². The van der Waals surface area contributed by atoms with Crippen molar-refractivity contribution in [1.29, 1.82) is 0 Å². The van der Waals surface area contributed by atoms with Crippen LogP contribution in [0.5, 0.6) is 0 Å². The molecule has 2 unspecified atom stereocenters. The molecule has 82 valence electrons. The van der Waals surface area contributed by atoms with Gasteiger partial charge in [-0.3, -0.25) is 16.3 Å². The van der Waals surface area contributed by atoms with E-state index < -0.39 is 0 Å². The smallest absolute Gasteiger partial charge is 0.0529 e. The van der Waals surface area contributed by atoms with E-state index in [4.69, 9.17) is 11.6 Å². The molecule has 0 aliphatic heterocycles. The Labute approximate surface area is 90.0 Å². The first kappa shape index (κ1) is 10.4. The van der Waals surface area contributed by atoms with E-state index in [1.807, 2.05) is 6.07 Å². The van der Waals surface area contributed by atoms with Crippen LogP contribution in [0.2, 0.25) is 0 Å². The normalized spacial score (nSPS) is 24.9. The molecule has 2 atom stereocenters. The van der Waals surface area contributed by atoms with Crippen molar-refractivity contribution in [2.75, 3.05) is 5.73 Å². The van der Waals surface area contributed by atoms with Crippen LogP contribution in [0.15, 0.2) is 18.5 Å². The molecule has 1 saturated carbocycles. The first-order valence-corrected chi connectivity index (χ1v) is 5.22. The van der Waals surface area contributed by atoms with E-state index in [0.29, 0.717) is 11.3 Å². The second-order valence-electron chi connectivity index (χ2n) is 4.95. The van der Waals surface area contributed by atoms with Crippen molar-refractivity contribution in [2.45, 2.75) is 26.3 Å². The summed E-state index contributed by atoms with van der Waals surface area (Å²) in [7, 11) is 0. The number of rotatable bonds is 3. The van der Waals surface area contributed by atoms with Crippen LogP contribution in [0.3, 0.4) is 0 Å². The fraction of sp³-hybridized carbons (Fsp3) is 0.545. The number of nitrogens with two attached hydrogens (primary N) is 2. The van der Waals surface area contributed by atoms with Gasteiger partial charge < -0.3 is 5.73 Å². The zero-order chi connectivity index (χ0) is 11.1. The third kappa shape index (κ3) is 1.82.